The van der Waals surface area contributed by atoms with Gasteiger partial charge in [-0.1, -0.05) is 29.3 Å². The smallest absolute Gasteiger partial charge is 0.247 e. The topological polar surface area (TPSA) is 94.3 Å². The fraction of sp³-hybridized carbons (Fsp3) is 0.176. The molecule has 9 heteroatoms. The van der Waals surface area contributed by atoms with Crippen molar-refractivity contribution in [3.05, 3.63) is 58.9 Å². The van der Waals surface area contributed by atoms with E-state index in [1.54, 1.807) is 0 Å². The average Bonchev–Trinajstić information content (AvgIpc) is 3.10. The quantitative estimate of drug-likeness (QED) is 0.691. The van der Waals surface area contributed by atoms with Crippen LogP contribution in [0, 0.1) is 6.92 Å². The maximum atomic E-state index is 12.4. The molecule has 0 aliphatic heterocycles. The minimum atomic E-state index is -3.78. The minimum Gasteiger partial charge on any atom is -0.495 e. The number of ether oxygens (including phenoxy) is 1. The van der Waals surface area contributed by atoms with E-state index < -0.39 is 10.0 Å². The molecule has 3 aromatic rings. The first-order valence-corrected chi connectivity index (χ1v) is 9.48. The van der Waals surface area contributed by atoms with Crippen LogP contribution in [-0.4, -0.2) is 25.7 Å². The van der Waals surface area contributed by atoms with Crippen molar-refractivity contribution < 1.29 is 17.6 Å². The summed E-state index contributed by atoms with van der Waals surface area (Å²) in [7, 11) is -2.33. The second kappa shape index (κ2) is 7.45. The van der Waals surface area contributed by atoms with E-state index in [0.29, 0.717) is 11.6 Å². The normalized spacial score (nSPS) is 11.5. The van der Waals surface area contributed by atoms with Crippen LogP contribution in [0.3, 0.4) is 0 Å². The van der Waals surface area contributed by atoms with Gasteiger partial charge in [-0.25, -0.2) is 13.1 Å². The molecular formula is C17H16ClN3O4S. The predicted molar refractivity (Wildman–Crippen MR) is 96.5 cm³/mol. The van der Waals surface area contributed by atoms with Crippen LogP contribution in [0.5, 0.6) is 5.75 Å². The zero-order valence-corrected chi connectivity index (χ0v) is 15.6. The highest BCUT2D eigenvalue weighted by Crippen LogP contribution is 2.27. The number of aromatic nitrogens is 2. The standard InChI is InChI=1S/C17H16ClN3O4S/c1-11-3-5-12(6-4-11)17-21-20-16(25-17)10-19-26(22,23)13-7-8-15(24-2)14(18)9-13/h3-9,19H,10H2,1-2H3. The van der Waals surface area contributed by atoms with Crippen LogP contribution in [-0.2, 0) is 16.6 Å². The maximum absolute atomic E-state index is 12.4. The summed E-state index contributed by atoms with van der Waals surface area (Å²) >= 11 is 5.98. The summed E-state index contributed by atoms with van der Waals surface area (Å²) in [5.74, 6) is 0.876. The zero-order chi connectivity index (χ0) is 18.7. The summed E-state index contributed by atoms with van der Waals surface area (Å²) < 4.78 is 37.7. The van der Waals surface area contributed by atoms with Crippen molar-refractivity contribution in [2.24, 2.45) is 0 Å². The molecule has 26 heavy (non-hydrogen) atoms. The number of sulfonamides is 1. The highest BCUT2D eigenvalue weighted by molar-refractivity contribution is 7.89. The van der Waals surface area contributed by atoms with Crippen LogP contribution >= 0.6 is 11.6 Å². The molecule has 1 aromatic heterocycles. The van der Waals surface area contributed by atoms with Gasteiger partial charge in [0.05, 0.1) is 23.6 Å². The predicted octanol–water partition coefficient (Wildman–Crippen LogP) is 3.19. The van der Waals surface area contributed by atoms with Crippen molar-refractivity contribution in [3.63, 3.8) is 0 Å². The second-order valence-electron chi connectivity index (χ2n) is 5.49. The summed E-state index contributed by atoms with van der Waals surface area (Å²) in [5, 5.41) is 8.01. The molecule has 0 aliphatic carbocycles. The highest BCUT2D eigenvalue weighted by atomic mass is 35.5. The largest absolute Gasteiger partial charge is 0.495 e. The number of methoxy groups -OCH3 is 1. The molecule has 0 spiro atoms. The lowest BCUT2D eigenvalue weighted by molar-refractivity contribution is 0.414. The van der Waals surface area contributed by atoms with E-state index in [-0.39, 0.29) is 22.4 Å². The van der Waals surface area contributed by atoms with Gasteiger partial charge in [-0.2, -0.15) is 0 Å². The fourth-order valence-electron chi connectivity index (χ4n) is 2.19. The fourth-order valence-corrected chi connectivity index (χ4v) is 3.51. The van der Waals surface area contributed by atoms with Crippen molar-refractivity contribution in [1.29, 1.82) is 0 Å². The zero-order valence-electron chi connectivity index (χ0n) is 14.1. The summed E-state index contributed by atoms with van der Waals surface area (Å²) in [6.07, 6.45) is 0. The average molecular weight is 394 g/mol. The monoisotopic (exact) mass is 393 g/mol. The number of benzene rings is 2. The molecule has 0 saturated carbocycles. The molecule has 0 unspecified atom stereocenters. The Labute approximate surface area is 156 Å². The summed E-state index contributed by atoms with van der Waals surface area (Å²) in [6.45, 7) is 1.84. The van der Waals surface area contributed by atoms with Crippen molar-refractivity contribution in [3.8, 4) is 17.2 Å². The first-order valence-electron chi connectivity index (χ1n) is 7.61. The number of hydrogen-bond donors (Lipinski definition) is 1. The van der Waals surface area contributed by atoms with Crippen LogP contribution in [0.1, 0.15) is 11.5 Å². The number of aryl methyl sites for hydroxylation is 1. The van der Waals surface area contributed by atoms with E-state index in [0.717, 1.165) is 11.1 Å². The van der Waals surface area contributed by atoms with E-state index in [2.05, 4.69) is 14.9 Å². The Bertz CT molecular complexity index is 1020. The Hall–Kier alpha value is -2.42. The molecule has 0 bridgehead atoms. The molecule has 2 aromatic carbocycles. The second-order valence-corrected chi connectivity index (χ2v) is 7.66. The van der Waals surface area contributed by atoms with E-state index in [9.17, 15) is 8.42 Å². The number of nitrogens with zero attached hydrogens (tertiary/aromatic N) is 2. The number of rotatable bonds is 6. The van der Waals surface area contributed by atoms with E-state index in [4.69, 9.17) is 20.8 Å². The summed E-state index contributed by atoms with van der Waals surface area (Å²) in [6, 6.07) is 11.8. The van der Waals surface area contributed by atoms with Gasteiger partial charge in [-0.05, 0) is 37.3 Å². The molecule has 0 aliphatic rings. The summed E-state index contributed by atoms with van der Waals surface area (Å²) in [5.41, 5.74) is 1.87. The third-order valence-corrected chi connectivity index (χ3v) is 5.31. The van der Waals surface area contributed by atoms with Crippen molar-refractivity contribution >= 4 is 21.6 Å². The molecule has 1 N–H and O–H groups in total. The third kappa shape index (κ3) is 4.04. The molecule has 0 fully saturated rings. The van der Waals surface area contributed by atoms with Crippen LogP contribution in [0.25, 0.3) is 11.5 Å². The van der Waals surface area contributed by atoms with Crippen LogP contribution in [0.15, 0.2) is 51.8 Å². The van der Waals surface area contributed by atoms with Crippen molar-refractivity contribution in [2.45, 2.75) is 18.4 Å². The number of hydrogen-bond acceptors (Lipinski definition) is 6. The SMILES string of the molecule is COc1ccc(S(=O)(=O)NCc2nnc(-c3ccc(C)cc3)o2)cc1Cl. The molecule has 0 saturated heterocycles. The first-order chi connectivity index (χ1) is 12.4. The van der Waals surface area contributed by atoms with E-state index in [1.807, 2.05) is 31.2 Å². The van der Waals surface area contributed by atoms with Gasteiger partial charge < -0.3 is 9.15 Å². The molecule has 136 valence electrons. The number of halogens is 1. The Morgan fingerprint density at radius 1 is 1.15 bits per heavy atom. The Balaban J connectivity index is 1.72. The molecule has 7 nitrogen and oxygen atoms in total. The van der Waals surface area contributed by atoms with Gasteiger partial charge in [-0.15, -0.1) is 10.2 Å². The van der Waals surface area contributed by atoms with E-state index in [1.165, 1.54) is 25.3 Å². The lowest BCUT2D eigenvalue weighted by Crippen LogP contribution is -2.23. The van der Waals surface area contributed by atoms with Gasteiger partial charge in [0, 0.05) is 5.56 Å². The Morgan fingerprint density at radius 2 is 1.88 bits per heavy atom. The van der Waals surface area contributed by atoms with Gasteiger partial charge in [0.15, 0.2) is 0 Å². The lowest BCUT2D eigenvalue weighted by Gasteiger charge is -2.07. The van der Waals surface area contributed by atoms with Crippen LogP contribution in [0.2, 0.25) is 5.02 Å². The van der Waals surface area contributed by atoms with Crippen LogP contribution in [0.4, 0.5) is 0 Å². The third-order valence-electron chi connectivity index (χ3n) is 3.61. The van der Waals surface area contributed by atoms with E-state index >= 15 is 0 Å². The van der Waals surface area contributed by atoms with Crippen LogP contribution < -0.4 is 9.46 Å². The highest BCUT2D eigenvalue weighted by Gasteiger charge is 2.18. The molecular weight excluding hydrogens is 378 g/mol. The van der Waals surface area contributed by atoms with Gasteiger partial charge in [0.2, 0.25) is 21.8 Å². The molecule has 3 rings (SSSR count). The van der Waals surface area contributed by atoms with Gasteiger partial charge in [0.1, 0.15) is 5.75 Å². The minimum absolute atomic E-state index is 0.0153. The lowest BCUT2D eigenvalue weighted by atomic mass is 10.1. The van der Waals surface area contributed by atoms with Crippen molar-refractivity contribution in [1.82, 2.24) is 14.9 Å². The first kappa shape index (κ1) is 18.4. The maximum Gasteiger partial charge on any atom is 0.247 e. The Kier molecular flexibility index (Phi) is 5.26. The van der Waals surface area contributed by atoms with Gasteiger partial charge >= 0.3 is 0 Å². The Morgan fingerprint density at radius 3 is 2.54 bits per heavy atom. The van der Waals surface area contributed by atoms with Gasteiger partial charge in [0.25, 0.3) is 0 Å². The van der Waals surface area contributed by atoms with Gasteiger partial charge in [-0.3, -0.25) is 0 Å². The molecule has 1 heterocycles. The summed E-state index contributed by atoms with van der Waals surface area (Å²) in [4.78, 5) is 0.0153. The molecule has 0 atom stereocenters. The van der Waals surface area contributed by atoms with Crippen molar-refractivity contribution in [2.75, 3.05) is 7.11 Å². The molecule has 0 amide bonds. The number of nitrogens with one attached hydrogen (secondary N) is 1. The molecule has 0 radical (unpaired) electrons.